The van der Waals surface area contributed by atoms with Crippen LogP contribution in [0.3, 0.4) is 0 Å². The molecular weight excluding hydrogens is 240 g/mol. The van der Waals surface area contributed by atoms with Crippen LogP contribution in [0.2, 0.25) is 0 Å². The quantitative estimate of drug-likeness (QED) is 0.788. The molecule has 0 spiro atoms. The molecule has 100 valence electrons. The predicted octanol–water partition coefficient (Wildman–Crippen LogP) is 0.574. The SMILES string of the molecule is CCCCS(=O)(=O)N1CCCC(C(=O)NC)C1. The number of rotatable bonds is 5. The van der Waals surface area contributed by atoms with Crippen molar-refractivity contribution in [2.75, 3.05) is 25.9 Å². The standard InChI is InChI=1S/C11H22N2O3S/c1-3-4-8-17(15,16)13-7-5-6-10(9-13)11(14)12-2/h10H,3-9H2,1-2H3,(H,12,14). The summed E-state index contributed by atoms with van der Waals surface area (Å²) in [4.78, 5) is 11.5. The molecule has 0 bridgehead atoms. The van der Waals surface area contributed by atoms with Gasteiger partial charge in [-0.2, -0.15) is 0 Å². The van der Waals surface area contributed by atoms with Gasteiger partial charge < -0.3 is 5.32 Å². The molecule has 1 N–H and O–H groups in total. The van der Waals surface area contributed by atoms with E-state index in [2.05, 4.69) is 5.32 Å². The minimum atomic E-state index is -3.17. The Labute approximate surface area is 104 Å². The third kappa shape index (κ3) is 3.96. The van der Waals surface area contributed by atoms with Gasteiger partial charge in [0.25, 0.3) is 0 Å². The molecule has 5 nitrogen and oxygen atoms in total. The molecule has 1 atom stereocenters. The maximum atomic E-state index is 12.0. The zero-order valence-electron chi connectivity index (χ0n) is 10.6. The third-order valence-electron chi connectivity index (χ3n) is 3.15. The van der Waals surface area contributed by atoms with Crippen molar-refractivity contribution < 1.29 is 13.2 Å². The Morgan fingerprint density at radius 3 is 2.76 bits per heavy atom. The lowest BCUT2D eigenvalue weighted by molar-refractivity contribution is -0.125. The first-order valence-electron chi connectivity index (χ1n) is 6.20. The fourth-order valence-corrected chi connectivity index (χ4v) is 3.80. The monoisotopic (exact) mass is 262 g/mol. The maximum absolute atomic E-state index is 12.0. The first kappa shape index (κ1) is 14.4. The lowest BCUT2D eigenvalue weighted by atomic mass is 9.99. The minimum Gasteiger partial charge on any atom is -0.359 e. The second-order valence-electron chi connectivity index (χ2n) is 4.48. The second-order valence-corrected chi connectivity index (χ2v) is 6.57. The fourth-order valence-electron chi connectivity index (χ4n) is 2.07. The van der Waals surface area contributed by atoms with Gasteiger partial charge in [-0.15, -0.1) is 0 Å². The van der Waals surface area contributed by atoms with Crippen LogP contribution < -0.4 is 5.32 Å². The van der Waals surface area contributed by atoms with Crippen molar-refractivity contribution in [1.29, 1.82) is 0 Å². The van der Waals surface area contributed by atoms with Crippen LogP contribution in [-0.4, -0.2) is 44.5 Å². The van der Waals surface area contributed by atoms with Gasteiger partial charge in [0.05, 0.1) is 11.7 Å². The highest BCUT2D eigenvalue weighted by molar-refractivity contribution is 7.89. The minimum absolute atomic E-state index is 0.0552. The summed E-state index contributed by atoms with van der Waals surface area (Å²) in [5, 5.41) is 2.59. The Hall–Kier alpha value is -0.620. The van der Waals surface area contributed by atoms with Crippen molar-refractivity contribution in [3.05, 3.63) is 0 Å². The lowest BCUT2D eigenvalue weighted by Gasteiger charge is -2.30. The van der Waals surface area contributed by atoms with Crippen molar-refractivity contribution >= 4 is 15.9 Å². The summed E-state index contributed by atoms with van der Waals surface area (Å²) in [5.74, 6) is -0.0465. The summed E-state index contributed by atoms with van der Waals surface area (Å²) >= 11 is 0. The van der Waals surface area contributed by atoms with Gasteiger partial charge in [0.1, 0.15) is 0 Å². The number of nitrogens with one attached hydrogen (secondary N) is 1. The number of amides is 1. The Morgan fingerprint density at radius 1 is 1.47 bits per heavy atom. The van der Waals surface area contributed by atoms with Gasteiger partial charge in [0.2, 0.25) is 15.9 Å². The van der Waals surface area contributed by atoms with Gasteiger partial charge in [-0.05, 0) is 19.3 Å². The van der Waals surface area contributed by atoms with E-state index in [9.17, 15) is 13.2 Å². The molecule has 1 unspecified atom stereocenters. The zero-order chi connectivity index (χ0) is 12.9. The zero-order valence-corrected chi connectivity index (χ0v) is 11.4. The predicted molar refractivity (Wildman–Crippen MR) is 67.1 cm³/mol. The molecule has 1 heterocycles. The molecule has 0 aromatic rings. The molecule has 6 heteroatoms. The highest BCUT2D eigenvalue weighted by Crippen LogP contribution is 2.20. The number of nitrogens with zero attached hydrogens (tertiary/aromatic N) is 1. The molecule has 0 saturated carbocycles. The van der Waals surface area contributed by atoms with Crippen LogP contribution in [0.4, 0.5) is 0 Å². The smallest absolute Gasteiger partial charge is 0.224 e. The van der Waals surface area contributed by atoms with Gasteiger partial charge in [0.15, 0.2) is 0 Å². The first-order chi connectivity index (χ1) is 8.01. The molecule has 1 amide bonds. The van der Waals surface area contributed by atoms with Crippen LogP contribution >= 0.6 is 0 Å². The maximum Gasteiger partial charge on any atom is 0.224 e. The Kier molecular flexibility index (Phi) is 5.39. The van der Waals surface area contributed by atoms with Gasteiger partial charge in [0, 0.05) is 20.1 Å². The topological polar surface area (TPSA) is 66.5 Å². The molecule has 0 radical (unpaired) electrons. The van der Waals surface area contributed by atoms with Crippen LogP contribution in [0, 0.1) is 5.92 Å². The van der Waals surface area contributed by atoms with Crippen LogP contribution in [0.25, 0.3) is 0 Å². The number of hydrogen-bond acceptors (Lipinski definition) is 3. The van der Waals surface area contributed by atoms with E-state index in [-0.39, 0.29) is 17.6 Å². The summed E-state index contributed by atoms with van der Waals surface area (Å²) < 4.78 is 25.5. The van der Waals surface area contributed by atoms with E-state index in [0.717, 1.165) is 19.3 Å². The van der Waals surface area contributed by atoms with Crippen molar-refractivity contribution in [3.63, 3.8) is 0 Å². The number of piperidine rings is 1. The van der Waals surface area contributed by atoms with E-state index in [0.29, 0.717) is 19.5 Å². The number of hydrogen-bond donors (Lipinski definition) is 1. The summed E-state index contributed by atoms with van der Waals surface area (Å²) in [5.41, 5.74) is 0. The van der Waals surface area contributed by atoms with Crippen LogP contribution in [0.1, 0.15) is 32.6 Å². The van der Waals surface area contributed by atoms with Gasteiger partial charge in [-0.3, -0.25) is 4.79 Å². The third-order valence-corrected chi connectivity index (χ3v) is 5.07. The molecule has 1 rings (SSSR count). The normalized spacial score (nSPS) is 22.4. The largest absolute Gasteiger partial charge is 0.359 e. The second kappa shape index (κ2) is 6.35. The average molecular weight is 262 g/mol. The number of carbonyl (C=O) groups is 1. The van der Waals surface area contributed by atoms with Gasteiger partial charge >= 0.3 is 0 Å². The van der Waals surface area contributed by atoms with Gasteiger partial charge in [-0.1, -0.05) is 13.3 Å². The van der Waals surface area contributed by atoms with Gasteiger partial charge in [-0.25, -0.2) is 12.7 Å². The lowest BCUT2D eigenvalue weighted by Crippen LogP contribution is -2.45. The van der Waals surface area contributed by atoms with E-state index in [4.69, 9.17) is 0 Å². The summed E-state index contributed by atoms with van der Waals surface area (Å²) in [6, 6.07) is 0. The van der Waals surface area contributed by atoms with E-state index in [1.165, 1.54) is 4.31 Å². The summed E-state index contributed by atoms with van der Waals surface area (Å²) in [6.45, 7) is 2.87. The van der Waals surface area contributed by atoms with Crippen molar-refractivity contribution in [2.45, 2.75) is 32.6 Å². The highest BCUT2D eigenvalue weighted by atomic mass is 32.2. The highest BCUT2D eigenvalue weighted by Gasteiger charge is 2.31. The Bertz CT molecular complexity index is 354. The molecule has 1 fully saturated rings. The molecule has 0 aromatic carbocycles. The van der Waals surface area contributed by atoms with E-state index >= 15 is 0 Å². The van der Waals surface area contributed by atoms with Crippen molar-refractivity contribution in [3.8, 4) is 0 Å². The molecule has 1 aliphatic rings. The number of sulfonamides is 1. The van der Waals surface area contributed by atoms with Crippen molar-refractivity contribution in [1.82, 2.24) is 9.62 Å². The summed E-state index contributed by atoms with van der Waals surface area (Å²) in [7, 11) is -1.58. The van der Waals surface area contributed by atoms with E-state index < -0.39 is 10.0 Å². The average Bonchev–Trinajstić information content (AvgIpc) is 2.35. The molecule has 0 aromatic heterocycles. The van der Waals surface area contributed by atoms with Crippen LogP contribution in [0.5, 0.6) is 0 Å². The van der Waals surface area contributed by atoms with Crippen LogP contribution in [-0.2, 0) is 14.8 Å². The summed E-state index contributed by atoms with van der Waals surface area (Å²) in [6.07, 6.45) is 3.10. The Balaban J connectivity index is 2.63. The van der Waals surface area contributed by atoms with E-state index in [1.807, 2.05) is 6.92 Å². The first-order valence-corrected chi connectivity index (χ1v) is 7.81. The van der Waals surface area contributed by atoms with Crippen LogP contribution in [0.15, 0.2) is 0 Å². The number of carbonyl (C=O) groups excluding carboxylic acids is 1. The molecule has 1 aliphatic heterocycles. The van der Waals surface area contributed by atoms with E-state index in [1.54, 1.807) is 7.05 Å². The Morgan fingerprint density at radius 2 is 2.18 bits per heavy atom. The molecule has 0 aliphatic carbocycles. The molecule has 1 saturated heterocycles. The molecular formula is C11H22N2O3S. The number of unbranched alkanes of at least 4 members (excludes halogenated alkanes) is 1. The van der Waals surface area contributed by atoms with Crippen molar-refractivity contribution in [2.24, 2.45) is 5.92 Å². The molecule has 17 heavy (non-hydrogen) atoms. The fraction of sp³-hybridized carbons (Fsp3) is 0.909.